The van der Waals surface area contributed by atoms with Crippen LogP contribution in [0.15, 0.2) is 24.3 Å². The molecular formula is C11H8ClNO3S. The molecule has 1 aromatic heterocycles. The van der Waals surface area contributed by atoms with Crippen molar-refractivity contribution < 1.29 is 14.6 Å². The van der Waals surface area contributed by atoms with Crippen LogP contribution in [0.1, 0.15) is 9.67 Å². The molecule has 0 spiro atoms. The number of ether oxygens (including phenoxy) is 1. The molecule has 0 atom stereocenters. The summed E-state index contributed by atoms with van der Waals surface area (Å²) in [7, 11) is 1.57. The van der Waals surface area contributed by atoms with Crippen molar-refractivity contribution in [3.05, 3.63) is 34.3 Å². The lowest BCUT2D eigenvalue weighted by molar-refractivity contribution is 0.0702. The molecule has 0 amide bonds. The quantitative estimate of drug-likeness (QED) is 0.930. The number of aromatic carboxylic acids is 1. The van der Waals surface area contributed by atoms with E-state index in [0.717, 1.165) is 16.9 Å². The van der Waals surface area contributed by atoms with Crippen molar-refractivity contribution in [3.8, 4) is 16.3 Å². The summed E-state index contributed by atoms with van der Waals surface area (Å²) in [5.74, 6) is -0.382. The maximum atomic E-state index is 10.9. The van der Waals surface area contributed by atoms with Gasteiger partial charge in [0.25, 0.3) is 0 Å². The molecule has 0 saturated carbocycles. The molecule has 88 valence electrons. The van der Waals surface area contributed by atoms with Gasteiger partial charge in [-0.3, -0.25) is 0 Å². The van der Waals surface area contributed by atoms with Crippen LogP contribution in [-0.4, -0.2) is 23.2 Å². The number of carboxylic acid groups (broad SMARTS) is 1. The first-order chi connectivity index (χ1) is 8.11. The largest absolute Gasteiger partial charge is 0.497 e. The topological polar surface area (TPSA) is 59.4 Å². The van der Waals surface area contributed by atoms with E-state index in [9.17, 15) is 4.79 Å². The summed E-state index contributed by atoms with van der Waals surface area (Å²) in [5, 5.41) is 9.46. The number of hydrogen-bond acceptors (Lipinski definition) is 4. The van der Waals surface area contributed by atoms with Crippen molar-refractivity contribution in [1.29, 1.82) is 0 Å². The van der Waals surface area contributed by atoms with Crippen LogP contribution in [0, 0.1) is 0 Å². The van der Waals surface area contributed by atoms with Crippen molar-refractivity contribution in [3.63, 3.8) is 0 Å². The summed E-state index contributed by atoms with van der Waals surface area (Å²) in [6.07, 6.45) is 0. The van der Waals surface area contributed by atoms with Crippen LogP contribution in [0.5, 0.6) is 5.75 Å². The molecule has 1 aromatic carbocycles. The first-order valence-electron chi connectivity index (χ1n) is 4.66. The zero-order valence-corrected chi connectivity index (χ0v) is 10.4. The number of carbonyl (C=O) groups is 1. The van der Waals surface area contributed by atoms with Crippen molar-refractivity contribution in [2.75, 3.05) is 7.11 Å². The second kappa shape index (κ2) is 4.73. The fourth-order valence-electron chi connectivity index (χ4n) is 1.31. The van der Waals surface area contributed by atoms with Gasteiger partial charge >= 0.3 is 5.97 Å². The van der Waals surface area contributed by atoms with Gasteiger partial charge in [-0.2, -0.15) is 0 Å². The van der Waals surface area contributed by atoms with Gasteiger partial charge in [0.2, 0.25) is 0 Å². The molecule has 2 aromatic rings. The smallest absolute Gasteiger partial charge is 0.349 e. The lowest BCUT2D eigenvalue weighted by Gasteiger charge is -2.00. The highest BCUT2D eigenvalue weighted by molar-refractivity contribution is 7.17. The number of nitrogens with zero attached hydrogens (tertiary/aromatic N) is 1. The Kier molecular flexibility index (Phi) is 3.31. The van der Waals surface area contributed by atoms with Gasteiger partial charge in [-0.25, -0.2) is 9.78 Å². The third kappa shape index (κ3) is 2.40. The van der Waals surface area contributed by atoms with E-state index in [1.54, 1.807) is 19.2 Å². The Bertz CT molecular complexity index is 568. The minimum Gasteiger partial charge on any atom is -0.497 e. The molecule has 0 radical (unpaired) electrons. The molecule has 0 aliphatic carbocycles. The maximum absolute atomic E-state index is 10.9. The fraction of sp³-hybridized carbons (Fsp3) is 0.0909. The standard InChI is InChI=1S/C11H8ClNO3S/c1-16-7-4-2-3-6(5-7)10-13-9(12)8(17-10)11(14)15/h2-5H,1H3,(H,14,15). The highest BCUT2D eigenvalue weighted by Gasteiger charge is 2.16. The summed E-state index contributed by atoms with van der Waals surface area (Å²) in [6, 6.07) is 7.21. The first kappa shape index (κ1) is 11.9. The number of halogens is 1. The van der Waals surface area contributed by atoms with Gasteiger partial charge in [0.15, 0.2) is 10.0 Å². The maximum Gasteiger partial charge on any atom is 0.349 e. The minimum atomic E-state index is -1.07. The summed E-state index contributed by atoms with van der Waals surface area (Å²) >= 11 is 6.79. The van der Waals surface area contributed by atoms with E-state index in [2.05, 4.69) is 4.98 Å². The molecule has 6 heteroatoms. The average molecular weight is 270 g/mol. The van der Waals surface area contributed by atoms with Crippen LogP contribution in [0.2, 0.25) is 5.15 Å². The fourth-order valence-corrected chi connectivity index (χ4v) is 2.44. The summed E-state index contributed by atoms with van der Waals surface area (Å²) < 4.78 is 5.09. The van der Waals surface area contributed by atoms with Crippen molar-refractivity contribution in [2.45, 2.75) is 0 Å². The third-order valence-electron chi connectivity index (χ3n) is 2.10. The number of methoxy groups -OCH3 is 1. The lowest BCUT2D eigenvalue weighted by atomic mass is 10.2. The van der Waals surface area contributed by atoms with E-state index in [4.69, 9.17) is 21.4 Å². The first-order valence-corrected chi connectivity index (χ1v) is 5.85. The number of thiazole rings is 1. The number of carboxylic acids is 1. The molecule has 17 heavy (non-hydrogen) atoms. The average Bonchev–Trinajstić information content (AvgIpc) is 2.71. The van der Waals surface area contributed by atoms with Crippen LogP contribution in [0.25, 0.3) is 10.6 Å². The van der Waals surface area contributed by atoms with E-state index in [1.165, 1.54) is 0 Å². The second-order valence-corrected chi connectivity index (χ2v) is 4.53. The monoisotopic (exact) mass is 269 g/mol. The Morgan fingerprint density at radius 2 is 2.29 bits per heavy atom. The summed E-state index contributed by atoms with van der Waals surface area (Å²) in [5.41, 5.74) is 0.781. The molecule has 0 bridgehead atoms. The van der Waals surface area contributed by atoms with Gasteiger partial charge in [-0.15, -0.1) is 11.3 Å². The van der Waals surface area contributed by atoms with Gasteiger partial charge in [0, 0.05) is 5.56 Å². The number of benzene rings is 1. The number of rotatable bonds is 3. The van der Waals surface area contributed by atoms with Crippen molar-refractivity contribution in [2.24, 2.45) is 0 Å². The van der Waals surface area contributed by atoms with Crippen LogP contribution < -0.4 is 4.74 Å². The predicted molar refractivity (Wildman–Crippen MR) is 66.1 cm³/mol. The van der Waals surface area contributed by atoms with E-state index in [0.29, 0.717) is 10.8 Å². The molecule has 1 heterocycles. The summed E-state index contributed by atoms with van der Waals surface area (Å²) in [6.45, 7) is 0. The SMILES string of the molecule is COc1cccc(-c2nc(Cl)c(C(=O)O)s2)c1. The number of aromatic nitrogens is 1. The predicted octanol–water partition coefficient (Wildman–Crippen LogP) is 3.17. The Hall–Kier alpha value is -1.59. The Morgan fingerprint density at radius 3 is 2.88 bits per heavy atom. The third-order valence-corrected chi connectivity index (χ3v) is 3.57. The van der Waals surface area contributed by atoms with Gasteiger partial charge in [-0.05, 0) is 12.1 Å². The van der Waals surface area contributed by atoms with Crippen LogP contribution in [0.3, 0.4) is 0 Å². The minimum absolute atomic E-state index is 0.0142. The van der Waals surface area contributed by atoms with Crippen molar-refractivity contribution >= 4 is 28.9 Å². The van der Waals surface area contributed by atoms with E-state index in [1.807, 2.05) is 12.1 Å². The summed E-state index contributed by atoms with van der Waals surface area (Å²) in [4.78, 5) is 14.9. The lowest BCUT2D eigenvalue weighted by Crippen LogP contribution is -1.91. The highest BCUT2D eigenvalue weighted by Crippen LogP contribution is 2.32. The molecule has 0 aliphatic heterocycles. The second-order valence-electron chi connectivity index (χ2n) is 3.18. The molecule has 0 aliphatic rings. The van der Waals surface area contributed by atoms with Crippen molar-refractivity contribution in [1.82, 2.24) is 4.98 Å². The molecule has 0 unspecified atom stereocenters. The van der Waals surface area contributed by atoms with Gasteiger partial charge in [0.05, 0.1) is 7.11 Å². The normalized spacial score (nSPS) is 10.2. The van der Waals surface area contributed by atoms with Crippen LogP contribution >= 0.6 is 22.9 Å². The molecular weight excluding hydrogens is 262 g/mol. The van der Waals surface area contributed by atoms with Crippen LogP contribution in [0.4, 0.5) is 0 Å². The number of hydrogen-bond donors (Lipinski definition) is 1. The van der Waals surface area contributed by atoms with E-state index in [-0.39, 0.29) is 10.0 Å². The Labute approximate surface area is 106 Å². The Morgan fingerprint density at radius 1 is 1.53 bits per heavy atom. The zero-order valence-electron chi connectivity index (χ0n) is 8.81. The van der Waals surface area contributed by atoms with Gasteiger partial charge < -0.3 is 9.84 Å². The van der Waals surface area contributed by atoms with E-state index < -0.39 is 5.97 Å². The Balaban J connectivity index is 2.46. The molecule has 1 N–H and O–H groups in total. The van der Waals surface area contributed by atoms with E-state index >= 15 is 0 Å². The van der Waals surface area contributed by atoms with Crippen LogP contribution in [-0.2, 0) is 0 Å². The zero-order chi connectivity index (χ0) is 12.4. The molecule has 2 rings (SSSR count). The highest BCUT2D eigenvalue weighted by atomic mass is 35.5. The van der Waals surface area contributed by atoms with Gasteiger partial charge in [-0.1, -0.05) is 23.7 Å². The molecule has 0 fully saturated rings. The van der Waals surface area contributed by atoms with Gasteiger partial charge in [0.1, 0.15) is 10.8 Å². The molecule has 4 nitrogen and oxygen atoms in total. The molecule has 0 saturated heterocycles.